The Balaban J connectivity index is 1.24. The predicted molar refractivity (Wildman–Crippen MR) is 296 cm³/mol. The number of carbonyl (C=O) groups excluding carboxylic acids is 2. The molecule has 1 amide bonds. The number of nitrogens with one attached hydrogen (secondary N) is 1. The van der Waals surface area contributed by atoms with Crippen LogP contribution in [0.1, 0.15) is 79.1 Å². The monoisotopic (exact) mass is 1140 g/mol. The van der Waals surface area contributed by atoms with E-state index in [0.717, 1.165) is 5.57 Å². The van der Waals surface area contributed by atoms with Gasteiger partial charge in [-0.05, 0) is 58.3 Å². The highest BCUT2D eigenvalue weighted by molar-refractivity contribution is 6.09. The van der Waals surface area contributed by atoms with Gasteiger partial charge in [-0.25, -0.2) is 0 Å². The van der Waals surface area contributed by atoms with Crippen molar-refractivity contribution in [1.29, 1.82) is 0 Å². The zero-order chi connectivity index (χ0) is 60.3. The van der Waals surface area contributed by atoms with Crippen LogP contribution in [0.4, 0.5) is 0 Å². The molecule has 0 aromatic carbocycles. The molecule has 1 aromatic heterocycles. The normalized spacial score (nSPS) is 36.3. The van der Waals surface area contributed by atoms with Gasteiger partial charge < -0.3 is 93.0 Å². The molecule has 0 bridgehead atoms. The van der Waals surface area contributed by atoms with E-state index >= 15 is 0 Å². The number of allylic oxidation sites excluding steroid dienone is 10. The average Bonchev–Trinajstić information content (AvgIpc) is 3.72. The van der Waals surface area contributed by atoms with E-state index < -0.39 is 156 Å². The lowest BCUT2D eigenvalue weighted by atomic mass is 9.70. The first-order chi connectivity index (χ1) is 38.3. The fourth-order valence-electron chi connectivity index (χ4n) is 11.0. The number of hydrogen-bond acceptors (Lipinski definition) is 20. The molecule has 21 atom stereocenters. The summed E-state index contributed by atoms with van der Waals surface area (Å²) < 4.78 is 61.5. The lowest BCUT2D eigenvalue weighted by Gasteiger charge is -2.55. The fourth-order valence-corrected chi connectivity index (χ4v) is 11.0. The Morgan fingerprint density at radius 1 is 0.802 bits per heavy atom. The van der Waals surface area contributed by atoms with Gasteiger partial charge in [0.2, 0.25) is 11.7 Å². The number of aryl methyl sites for hydroxylation is 1. The molecule has 0 saturated carbocycles. The van der Waals surface area contributed by atoms with Gasteiger partial charge in [0.05, 0.1) is 42.5 Å². The highest BCUT2D eigenvalue weighted by atomic mass is 16.8. The molecule has 4 saturated heterocycles. The van der Waals surface area contributed by atoms with Crippen LogP contribution in [-0.4, -0.2) is 203 Å². The molecular weight excluding hydrogens is 1060 g/mol. The van der Waals surface area contributed by atoms with Gasteiger partial charge >= 0.3 is 0 Å². The first-order valence-electron chi connectivity index (χ1n) is 27.4. The Morgan fingerprint density at radius 3 is 2.07 bits per heavy atom. The zero-order valence-electron chi connectivity index (χ0n) is 48.9. The quantitative estimate of drug-likeness (QED) is 0.0419. The van der Waals surface area contributed by atoms with E-state index in [9.17, 15) is 50.1 Å². The molecule has 0 aliphatic carbocycles. The molecular formula is C59H88N2O20. The summed E-state index contributed by atoms with van der Waals surface area (Å²) in [6.45, 7) is 15.6. The molecule has 4 aliphatic heterocycles. The minimum Gasteiger partial charge on any atom is -0.507 e. The SMILES string of the molecule is C/C=C\C=C\[C@@H]1O[C@](O)([C@H](CC)C(=O)NC/C=C/C=C(\C)[C@@H](OC)[C@@H](C)[C@@H]2O[C@H](/C=C/C=C/C=C(\C)C(=O)c3c(O)ccn(C)c3=O)[C@H](O)[C@H]2O)[C@H](O)[C@H](O[C@@H]2O[C@H](C)[C@@H](O[C@@H]3O[C@@H](C)[C@H](OC)[C@@H](O)[C@@H]3OC)[C@H](OC)[C@H]2O)C1(C)C. The summed E-state index contributed by atoms with van der Waals surface area (Å²) in [7, 11) is 7.22. The number of nitrogens with zero attached hydrogens (tertiary/aromatic N) is 1. The van der Waals surface area contributed by atoms with Gasteiger partial charge in [0.25, 0.3) is 5.56 Å². The number of pyridine rings is 1. The highest BCUT2D eigenvalue weighted by Crippen LogP contribution is 2.47. The topological polar surface area (TPSA) is 302 Å². The van der Waals surface area contributed by atoms with Crippen molar-refractivity contribution < 1.29 is 92.7 Å². The number of amides is 1. The predicted octanol–water partition coefficient (Wildman–Crippen LogP) is 2.75. The molecule has 1 aromatic rings. The smallest absolute Gasteiger partial charge is 0.265 e. The molecule has 8 N–H and O–H groups in total. The number of Topliss-reactive ketones (excluding diaryl/α,β-unsaturated/α-hetero) is 1. The van der Waals surface area contributed by atoms with Gasteiger partial charge in [-0.1, -0.05) is 101 Å². The fraction of sp³-hybridized carbons (Fsp3) is 0.644. The molecule has 81 heavy (non-hydrogen) atoms. The maximum Gasteiger partial charge on any atom is 0.265 e. The molecule has 22 nitrogen and oxygen atoms in total. The summed E-state index contributed by atoms with van der Waals surface area (Å²) >= 11 is 0. The second-order valence-electron chi connectivity index (χ2n) is 21.7. The van der Waals surface area contributed by atoms with Crippen LogP contribution in [0.5, 0.6) is 5.75 Å². The number of aliphatic hydroxyl groups is 6. The summed E-state index contributed by atoms with van der Waals surface area (Å²) in [5, 5.41) is 82.6. The highest BCUT2D eigenvalue weighted by Gasteiger charge is 2.63. The van der Waals surface area contributed by atoms with Crippen LogP contribution in [0.25, 0.3) is 0 Å². The minimum atomic E-state index is -2.53. The first-order valence-corrected chi connectivity index (χ1v) is 27.4. The summed E-state index contributed by atoms with van der Waals surface area (Å²) in [6, 6.07) is 1.27. The number of aromatic hydroxyl groups is 1. The number of ether oxygens (including phenoxy) is 10. The standard InChI is InChI=1S/C59H88N2O20/c1-15-17-19-27-39-58(8,9)53(80-56-45(67)50(74-13)49(35(7)76-56)79-57-51(75-14)44(66)48(73-12)34(6)77-57)52(68)59(71,81-39)36(16-2)54(69)60-29-23-22-25-32(4)46(72-11)33(5)47-43(65)42(64)38(78-47)26-21-18-20-24-31(3)41(63)40-37(62)28-30-61(10)55(40)70/h15,17-28,30,33-36,38-39,42-53,56-57,62,64-68,71H,16,29H2,1-14H3,(H,60,69)/b17-15-,20-18+,23-22+,26-21+,27-19+,31-24+,32-25+/t33-,34+,35-,36-,38-,39+,42+,43-,44-,45-,46-,47+,48+,49-,50-,51+,52-,53+,56+,57+,59-/m1/s1. The summed E-state index contributed by atoms with van der Waals surface area (Å²) in [6.07, 6.45) is 1.89. The number of aromatic nitrogens is 1. The summed E-state index contributed by atoms with van der Waals surface area (Å²) in [5.74, 6) is -6.00. The maximum atomic E-state index is 14.1. The van der Waals surface area contributed by atoms with Crippen LogP contribution in [0.3, 0.4) is 0 Å². The number of aliphatic hydroxyl groups excluding tert-OH is 5. The van der Waals surface area contributed by atoms with E-state index in [4.69, 9.17) is 47.4 Å². The largest absolute Gasteiger partial charge is 0.507 e. The van der Waals surface area contributed by atoms with Crippen LogP contribution < -0.4 is 10.9 Å². The third kappa shape index (κ3) is 15.0. The van der Waals surface area contributed by atoms with Crippen molar-refractivity contribution >= 4 is 11.7 Å². The molecule has 4 fully saturated rings. The third-order valence-electron chi connectivity index (χ3n) is 15.8. The van der Waals surface area contributed by atoms with Crippen molar-refractivity contribution in [3.8, 4) is 5.75 Å². The van der Waals surface area contributed by atoms with E-state index in [1.165, 1.54) is 65.3 Å². The Morgan fingerprint density at radius 2 is 1.44 bits per heavy atom. The lowest BCUT2D eigenvalue weighted by molar-refractivity contribution is -0.399. The van der Waals surface area contributed by atoms with Gasteiger partial charge in [0.15, 0.2) is 18.4 Å². The Bertz CT molecular complexity index is 2520. The summed E-state index contributed by atoms with van der Waals surface area (Å²) in [4.78, 5) is 39.4. The van der Waals surface area contributed by atoms with Crippen LogP contribution in [0.2, 0.25) is 0 Å². The molecule has 22 heteroatoms. The molecule has 4 aliphatic rings. The van der Waals surface area contributed by atoms with Gasteiger partial charge in [-0.2, -0.15) is 0 Å². The number of carbonyl (C=O) groups is 2. The minimum absolute atomic E-state index is 0.000641. The van der Waals surface area contributed by atoms with Gasteiger partial charge in [0, 0.05) is 59.6 Å². The number of ketones is 1. The van der Waals surface area contributed by atoms with E-state index in [-0.39, 0.29) is 24.1 Å². The third-order valence-corrected chi connectivity index (χ3v) is 15.8. The van der Waals surface area contributed by atoms with Gasteiger partial charge in [0.1, 0.15) is 72.4 Å². The van der Waals surface area contributed by atoms with Crippen molar-refractivity contribution in [1.82, 2.24) is 9.88 Å². The molecule has 0 spiro atoms. The number of hydrogen-bond donors (Lipinski definition) is 8. The molecule has 0 unspecified atom stereocenters. The van der Waals surface area contributed by atoms with E-state index in [2.05, 4.69) is 5.32 Å². The molecule has 5 heterocycles. The second-order valence-corrected chi connectivity index (χ2v) is 21.7. The van der Waals surface area contributed by atoms with Gasteiger partial charge in [-0.15, -0.1) is 0 Å². The number of rotatable bonds is 24. The Hall–Kier alpha value is -4.57. The van der Waals surface area contributed by atoms with Crippen molar-refractivity contribution in [2.45, 2.75) is 185 Å². The van der Waals surface area contributed by atoms with E-state index in [0.29, 0.717) is 0 Å². The Kier molecular flexibility index (Phi) is 24.7. The second kappa shape index (κ2) is 29.8. The lowest BCUT2D eigenvalue weighted by Crippen LogP contribution is -2.71. The van der Waals surface area contributed by atoms with Crippen molar-refractivity contribution in [3.63, 3.8) is 0 Å². The van der Waals surface area contributed by atoms with E-state index in [1.54, 1.807) is 101 Å². The van der Waals surface area contributed by atoms with Gasteiger partial charge in [-0.3, -0.25) is 14.4 Å². The summed E-state index contributed by atoms with van der Waals surface area (Å²) in [5.41, 5.74) is -1.14. The van der Waals surface area contributed by atoms with Crippen LogP contribution in [0, 0.1) is 17.3 Å². The average molecular weight is 1150 g/mol. The zero-order valence-corrected chi connectivity index (χ0v) is 48.9. The number of methoxy groups -OCH3 is 4. The van der Waals surface area contributed by atoms with Crippen molar-refractivity contribution in [2.75, 3.05) is 35.0 Å². The molecule has 454 valence electrons. The van der Waals surface area contributed by atoms with E-state index in [1.807, 2.05) is 20.8 Å². The van der Waals surface area contributed by atoms with Crippen LogP contribution >= 0.6 is 0 Å². The first kappa shape index (κ1) is 67.2. The van der Waals surface area contributed by atoms with Crippen LogP contribution in [0.15, 0.2) is 101 Å². The molecule has 5 rings (SSSR count). The van der Waals surface area contributed by atoms with Crippen molar-refractivity contribution in [3.05, 3.63) is 112 Å². The van der Waals surface area contributed by atoms with Crippen molar-refractivity contribution in [2.24, 2.45) is 24.3 Å². The molecule has 0 radical (unpaired) electrons. The Labute approximate surface area is 474 Å². The maximum absolute atomic E-state index is 14.1. The van der Waals surface area contributed by atoms with Crippen LogP contribution in [-0.2, 0) is 59.2 Å².